The normalized spacial score (nSPS) is 20.6. The third-order valence-corrected chi connectivity index (χ3v) is 3.35. The van der Waals surface area contributed by atoms with E-state index in [2.05, 4.69) is 5.32 Å². The van der Waals surface area contributed by atoms with Crippen LogP contribution < -0.4 is 5.32 Å². The van der Waals surface area contributed by atoms with Crippen LogP contribution in [0.1, 0.15) is 22.8 Å². The highest BCUT2D eigenvalue weighted by atomic mass is 16.2. The van der Waals surface area contributed by atoms with Crippen LogP contribution in [-0.4, -0.2) is 42.3 Å². The van der Waals surface area contributed by atoms with Crippen molar-refractivity contribution >= 4 is 11.7 Å². The number of carbonyl (C=O) groups is 2. The predicted molar refractivity (Wildman–Crippen MR) is 69.6 cm³/mol. The Kier molecular flexibility index (Phi) is 3.77. The van der Waals surface area contributed by atoms with Gasteiger partial charge in [0, 0.05) is 18.7 Å². The van der Waals surface area contributed by atoms with Crippen molar-refractivity contribution in [1.29, 1.82) is 0 Å². The van der Waals surface area contributed by atoms with E-state index in [1.165, 1.54) is 0 Å². The summed E-state index contributed by atoms with van der Waals surface area (Å²) in [6.07, 6.45) is 0. The summed E-state index contributed by atoms with van der Waals surface area (Å²) in [5.74, 6) is 0.0644. The predicted octanol–water partition coefficient (Wildman–Crippen LogP) is 0.998. The molecule has 0 bridgehead atoms. The lowest BCUT2D eigenvalue weighted by Gasteiger charge is -2.32. The van der Waals surface area contributed by atoms with E-state index >= 15 is 0 Å². The van der Waals surface area contributed by atoms with Crippen molar-refractivity contribution < 1.29 is 9.59 Å². The molecule has 0 aromatic heterocycles. The summed E-state index contributed by atoms with van der Waals surface area (Å²) < 4.78 is 0. The smallest absolute Gasteiger partial charge is 0.237 e. The van der Waals surface area contributed by atoms with Gasteiger partial charge in [-0.25, -0.2) is 0 Å². The zero-order valence-electron chi connectivity index (χ0n) is 10.8. The van der Waals surface area contributed by atoms with Gasteiger partial charge in [-0.15, -0.1) is 0 Å². The maximum atomic E-state index is 12.1. The van der Waals surface area contributed by atoms with Crippen molar-refractivity contribution in [3.05, 3.63) is 35.4 Å². The molecular weight excluding hydrogens is 228 g/mol. The van der Waals surface area contributed by atoms with Crippen LogP contribution in [-0.2, 0) is 4.79 Å². The Bertz CT molecular complexity index is 453. The number of ketones is 1. The Morgan fingerprint density at radius 2 is 2.06 bits per heavy atom. The molecule has 96 valence electrons. The van der Waals surface area contributed by atoms with Crippen LogP contribution in [0.2, 0.25) is 0 Å². The number of nitrogens with one attached hydrogen (secondary N) is 1. The third kappa shape index (κ3) is 2.76. The van der Waals surface area contributed by atoms with Crippen molar-refractivity contribution in [3.8, 4) is 0 Å². The first kappa shape index (κ1) is 12.8. The second kappa shape index (κ2) is 5.31. The monoisotopic (exact) mass is 246 g/mol. The molecule has 1 aliphatic rings. The summed E-state index contributed by atoms with van der Waals surface area (Å²) in [4.78, 5) is 25.5. The minimum absolute atomic E-state index is 0.00189. The van der Waals surface area contributed by atoms with Crippen molar-refractivity contribution in [2.24, 2.45) is 0 Å². The second-order valence-electron chi connectivity index (χ2n) is 4.73. The molecule has 0 spiro atoms. The molecule has 1 fully saturated rings. The fourth-order valence-electron chi connectivity index (χ4n) is 2.06. The molecule has 0 aliphatic carbocycles. The highest BCUT2D eigenvalue weighted by Gasteiger charge is 2.26. The van der Waals surface area contributed by atoms with Crippen LogP contribution >= 0.6 is 0 Å². The Morgan fingerprint density at radius 3 is 2.72 bits per heavy atom. The summed E-state index contributed by atoms with van der Waals surface area (Å²) in [6.45, 7) is 5.47. The summed E-state index contributed by atoms with van der Waals surface area (Å²) in [6, 6.07) is 7.31. The zero-order chi connectivity index (χ0) is 13.1. The Hall–Kier alpha value is -1.68. The molecule has 1 saturated heterocycles. The number of amides is 1. The molecule has 1 N–H and O–H groups in total. The van der Waals surface area contributed by atoms with E-state index in [-0.39, 0.29) is 17.7 Å². The highest BCUT2D eigenvalue weighted by molar-refractivity contribution is 5.98. The first-order chi connectivity index (χ1) is 8.58. The van der Waals surface area contributed by atoms with Gasteiger partial charge in [0.15, 0.2) is 5.78 Å². The third-order valence-electron chi connectivity index (χ3n) is 3.35. The quantitative estimate of drug-likeness (QED) is 0.809. The number of hydrogen-bond acceptors (Lipinski definition) is 3. The summed E-state index contributed by atoms with van der Waals surface area (Å²) in [5, 5.41) is 2.79. The van der Waals surface area contributed by atoms with Gasteiger partial charge in [-0.3, -0.25) is 14.5 Å². The molecule has 1 atom stereocenters. The van der Waals surface area contributed by atoms with E-state index in [0.717, 1.165) is 12.1 Å². The SMILES string of the molecule is Cc1ccc(C(=O)CN2CCNC(=O)C2C)cc1. The molecule has 1 aliphatic heterocycles. The number of Topliss-reactive ketones (excluding diaryl/α,β-unsaturated/α-hetero) is 1. The largest absolute Gasteiger partial charge is 0.353 e. The van der Waals surface area contributed by atoms with E-state index in [9.17, 15) is 9.59 Å². The van der Waals surface area contributed by atoms with E-state index < -0.39 is 0 Å². The first-order valence-corrected chi connectivity index (χ1v) is 6.19. The molecule has 1 amide bonds. The maximum absolute atomic E-state index is 12.1. The first-order valence-electron chi connectivity index (χ1n) is 6.19. The number of rotatable bonds is 3. The van der Waals surface area contributed by atoms with Crippen LogP contribution in [0.25, 0.3) is 0 Å². The van der Waals surface area contributed by atoms with E-state index in [1.54, 1.807) is 0 Å². The number of piperazine rings is 1. The van der Waals surface area contributed by atoms with Gasteiger partial charge in [0.2, 0.25) is 5.91 Å². The number of benzene rings is 1. The van der Waals surface area contributed by atoms with Gasteiger partial charge >= 0.3 is 0 Å². The fraction of sp³-hybridized carbons (Fsp3) is 0.429. The lowest BCUT2D eigenvalue weighted by Crippen LogP contribution is -2.55. The van der Waals surface area contributed by atoms with Crippen molar-refractivity contribution in [1.82, 2.24) is 10.2 Å². The standard InChI is InChI=1S/C14H18N2O2/c1-10-3-5-12(6-4-10)13(17)9-16-8-7-15-14(18)11(16)2/h3-6,11H,7-9H2,1-2H3,(H,15,18). The van der Waals surface area contributed by atoms with Crippen molar-refractivity contribution in [2.75, 3.05) is 19.6 Å². The molecule has 0 saturated carbocycles. The molecule has 4 heteroatoms. The molecule has 0 radical (unpaired) electrons. The van der Waals surface area contributed by atoms with Crippen LogP contribution in [0.3, 0.4) is 0 Å². The molecule has 1 heterocycles. The average molecular weight is 246 g/mol. The Balaban J connectivity index is 2.02. The van der Waals surface area contributed by atoms with Gasteiger partial charge in [-0.05, 0) is 13.8 Å². The van der Waals surface area contributed by atoms with Gasteiger partial charge in [0.05, 0.1) is 12.6 Å². The van der Waals surface area contributed by atoms with Gasteiger partial charge in [-0.2, -0.15) is 0 Å². The fourth-order valence-corrected chi connectivity index (χ4v) is 2.06. The second-order valence-corrected chi connectivity index (χ2v) is 4.73. The lowest BCUT2D eigenvalue weighted by atomic mass is 10.1. The molecular formula is C14H18N2O2. The van der Waals surface area contributed by atoms with Crippen LogP contribution in [0.15, 0.2) is 24.3 Å². The average Bonchev–Trinajstić information content (AvgIpc) is 2.36. The molecule has 18 heavy (non-hydrogen) atoms. The molecule has 2 rings (SSSR count). The number of carbonyl (C=O) groups excluding carboxylic acids is 2. The van der Waals surface area contributed by atoms with Gasteiger partial charge < -0.3 is 5.32 Å². The highest BCUT2D eigenvalue weighted by Crippen LogP contribution is 2.08. The molecule has 1 unspecified atom stereocenters. The summed E-state index contributed by atoms with van der Waals surface area (Å²) in [7, 11) is 0. The van der Waals surface area contributed by atoms with Crippen LogP contribution in [0, 0.1) is 6.92 Å². The zero-order valence-corrected chi connectivity index (χ0v) is 10.8. The van der Waals surface area contributed by atoms with E-state index in [0.29, 0.717) is 18.7 Å². The Morgan fingerprint density at radius 1 is 1.39 bits per heavy atom. The maximum Gasteiger partial charge on any atom is 0.237 e. The number of aryl methyl sites for hydroxylation is 1. The van der Waals surface area contributed by atoms with Crippen molar-refractivity contribution in [2.45, 2.75) is 19.9 Å². The van der Waals surface area contributed by atoms with E-state index in [4.69, 9.17) is 0 Å². The lowest BCUT2D eigenvalue weighted by molar-refractivity contribution is -0.127. The molecule has 1 aromatic rings. The summed E-state index contributed by atoms with van der Waals surface area (Å²) >= 11 is 0. The minimum atomic E-state index is -0.229. The summed E-state index contributed by atoms with van der Waals surface area (Å²) in [5.41, 5.74) is 1.84. The number of hydrogen-bond donors (Lipinski definition) is 1. The van der Waals surface area contributed by atoms with Gasteiger partial charge in [-0.1, -0.05) is 29.8 Å². The van der Waals surface area contributed by atoms with Crippen molar-refractivity contribution in [3.63, 3.8) is 0 Å². The topological polar surface area (TPSA) is 49.4 Å². The number of nitrogens with zero attached hydrogens (tertiary/aromatic N) is 1. The Labute approximate surface area is 107 Å². The van der Waals surface area contributed by atoms with E-state index in [1.807, 2.05) is 43.0 Å². The minimum Gasteiger partial charge on any atom is -0.353 e. The molecule has 4 nitrogen and oxygen atoms in total. The van der Waals surface area contributed by atoms with Gasteiger partial charge in [0.25, 0.3) is 0 Å². The van der Waals surface area contributed by atoms with Crippen LogP contribution in [0.4, 0.5) is 0 Å². The van der Waals surface area contributed by atoms with Gasteiger partial charge in [0.1, 0.15) is 0 Å². The van der Waals surface area contributed by atoms with Crippen LogP contribution in [0.5, 0.6) is 0 Å². The molecule has 1 aromatic carbocycles.